The molecule has 24 heavy (non-hydrogen) atoms. The monoisotopic (exact) mass is 362 g/mol. The molecule has 0 amide bonds. The van der Waals surface area contributed by atoms with E-state index < -0.39 is 0 Å². The summed E-state index contributed by atoms with van der Waals surface area (Å²) in [5, 5.41) is 0.976. The van der Waals surface area contributed by atoms with Crippen molar-refractivity contribution < 1.29 is 9.53 Å². The van der Waals surface area contributed by atoms with Crippen molar-refractivity contribution in [2.45, 2.75) is 19.9 Å². The highest BCUT2D eigenvalue weighted by Gasteiger charge is 2.17. The standard InChI is InChI=1S/C18H16Cl2N2O2/c1-10(2)22-16-9-14(20)13(19)8-15(16)21-17(22)11-4-6-12(7-5-11)18(23)24-3/h4-10H,1-3H3. The van der Waals surface area contributed by atoms with E-state index in [2.05, 4.69) is 18.4 Å². The van der Waals surface area contributed by atoms with Crippen LogP contribution in [-0.4, -0.2) is 22.6 Å². The molecule has 0 unspecified atom stereocenters. The summed E-state index contributed by atoms with van der Waals surface area (Å²) in [5.74, 6) is 0.437. The molecule has 0 atom stereocenters. The van der Waals surface area contributed by atoms with Crippen molar-refractivity contribution in [1.29, 1.82) is 0 Å². The Labute approximate surface area is 150 Å². The SMILES string of the molecule is COC(=O)c1ccc(-c2nc3cc(Cl)c(Cl)cc3n2C(C)C)cc1. The average molecular weight is 363 g/mol. The molecule has 0 aliphatic rings. The largest absolute Gasteiger partial charge is 0.465 e. The van der Waals surface area contributed by atoms with Crippen LogP contribution >= 0.6 is 23.2 Å². The van der Waals surface area contributed by atoms with Crippen LogP contribution in [0.2, 0.25) is 10.0 Å². The molecule has 124 valence electrons. The fourth-order valence-electron chi connectivity index (χ4n) is 2.69. The number of rotatable bonds is 3. The second-order valence-electron chi connectivity index (χ2n) is 5.72. The number of methoxy groups -OCH3 is 1. The zero-order valence-electron chi connectivity index (χ0n) is 13.5. The zero-order chi connectivity index (χ0) is 17.4. The second-order valence-corrected chi connectivity index (χ2v) is 6.54. The van der Waals surface area contributed by atoms with Crippen molar-refractivity contribution in [3.63, 3.8) is 0 Å². The molecule has 0 spiro atoms. The fourth-order valence-corrected chi connectivity index (χ4v) is 3.01. The minimum absolute atomic E-state index is 0.183. The van der Waals surface area contributed by atoms with Crippen molar-refractivity contribution in [1.82, 2.24) is 9.55 Å². The summed E-state index contributed by atoms with van der Waals surface area (Å²) >= 11 is 12.3. The number of hydrogen-bond donors (Lipinski definition) is 0. The van der Waals surface area contributed by atoms with E-state index in [0.717, 1.165) is 22.4 Å². The van der Waals surface area contributed by atoms with Crippen molar-refractivity contribution in [3.05, 3.63) is 52.0 Å². The summed E-state index contributed by atoms with van der Waals surface area (Å²) in [5.41, 5.74) is 3.11. The van der Waals surface area contributed by atoms with E-state index in [4.69, 9.17) is 32.9 Å². The van der Waals surface area contributed by atoms with Crippen molar-refractivity contribution in [2.24, 2.45) is 0 Å². The maximum Gasteiger partial charge on any atom is 0.337 e. The Balaban J connectivity index is 2.18. The van der Waals surface area contributed by atoms with Crippen molar-refractivity contribution >= 4 is 40.2 Å². The number of halogens is 2. The molecule has 2 aromatic carbocycles. The number of hydrogen-bond acceptors (Lipinski definition) is 3. The summed E-state index contributed by atoms with van der Waals surface area (Å²) in [6, 6.07) is 11.0. The topological polar surface area (TPSA) is 44.1 Å². The number of aromatic nitrogens is 2. The van der Waals surface area contributed by atoms with Gasteiger partial charge in [0.1, 0.15) is 5.82 Å². The van der Waals surface area contributed by atoms with E-state index in [1.165, 1.54) is 7.11 Å². The third-order valence-corrected chi connectivity index (χ3v) is 4.53. The molecule has 0 bridgehead atoms. The lowest BCUT2D eigenvalue weighted by Crippen LogP contribution is -2.04. The van der Waals surface area contributed by atoms with E-state index in [-0.39, 0.29) is 12.0 Å². The van der Waals surface area contributed by atoms with E-state index >= 15 is 0 Å². The first kappa shape index (κ1) is 16.8. The van der Waals surface area contributed by atoms with Gasteiger partial charge in [0.25, 0.3) is 0 Å². The van der Waals surface area contributed by atoms with E-state index in [1.54, 1.807) is 18.2 Å². The molecule has 0 saturated heterocycles. The number of imidazole rings is 1. The summed E-state index contributed by atoms with van der Waals surface area (Å²) in [4.78, 5) is 16.3. The minimum atomic E-state index is -0.363. The third-order valence-electron chi connectivity index (χ3n) is 3.81. The Morgan fingerprint density at radius 3 is 2.33 bits per heavy atom. The highest BCUT2D eigenvalue weighted by atomic mass is 35.5. The number of esters is 1. The average Bonchev–Trinajstić information content (AvgIpc) is 2.93. The summed E-state index contributed by atoms with van der Waals surface area (Å²) in [6.45, 7) is 4.16. The smallest absolute Gasteiger partial charge is 0.337 e. The molecule has 0 radical (unpaired) electrons. The van der Waals surface area contributed by atoms with Crippen LogP contribution in [0.3, 0.4) is 0 Å². The molecule has 0 aliphatic heterocycles. The molecule has 6 heteroatoms. The van der Waals surface area contributed by atoms with Gasteiger partial charge < -0.3 is 9.30 Å². The van der Waals surface area contributed by atoms with Crippen molar-refractivity contribution in [2.75, 3.05) is 7.11 Å². The maximum absolute atomic E-state index is 11.6. The van der Waals surface area contributed by atoms with E-state index in [1.807, 2.05) is 18.2 Å². The molecule has 1 aromatic heterocycles. The van der Waals surface area contributed by atoms with E-state index in [9.17, 15) is 4.79 Å². The van der Waals surface area contributed by atoms with Gasteiger partial charge in [0.05, 0.1) is 33.8 Å². The van der Waals surface area contributed by atoms with Gasteiger partial charge in [-0.05, 0) is 38.1 Å². The van der Waals surface area contributed by atoms with Gasteiger partial charge in [-0.2, -0.15) is 0 Å². The van der Waals surface area contributed by atoms with Gasteiger partial charge >= 0.3 is 5.97 Å². The van der Waals surface area contributed by atoms with Crippen LogP contribution in [0.25, 0.3) is 22.4 Å². The van der Waals surface area contributed by atoms with Crippen molar-refractivity contribution in [3.8, 4) is 11.4 Å². The lowest BCUT2D eigenvalue weighted by atomic mass is 10.1. The molecule has 3 rings (SSSR count). The Morgan fingerprint density at radius 2 is 1.75 bits per heavy atom. The number of fused-ring (bicyclic) bond motifs is 1. The maximum atomic E-state index is 11.6. The Hall–Kier alpha value is -2.04. The number of nitrogens with zero attached hydrogens (tertiary/aromatic N) is 2. The number of carbonyl (C=O) groups excluding carboxylic acids is 1. The molecule has 0 N–H and O–H groups in total. The van der Waals surface area contributed by atoms with Gasteiger partial charge in [-0.3, -0.25) is 0 Å². The fraction of sp³-hybridized carbons (Fsp3) is 0.222. The third kappa shape index (κ3) is 2.87. The van der Waals surface area contributed by atoms with E-state index in [0.29, 0.717) is 15.6 Å². The summed E-state index contributed by atoms with van der Waals surface area (Å²) in [7, 11) is 1.36. The van der Waals surface area contributed by atoms with Crippen LogP contribution < -0.4 is 0 Å². The molecule has 3 aromatic rings. The molecule has 1 heterocycles. The van der Waals surface area contributed by atoms with Gasteiger partial charge in [-0.25, -0.2) is 9.78 Å². The highest BCUT2D eigenvalue weighted by Crippen LogP contribution is 2.33. The number of carbonyl (C=O) groups is 1. The normalized spacial score (nSPS) is 11.2. The molecule has 4 nitrogen and oxygen atoms in total. The quantitative estimate of drug-likeness (QED) is 0.587. The van der Waals surface area contributed by atoms with Gasteiger partial charge in [-0.15, -0.1) is 0 Å². The van der Waals surface area contributed by atoms with Crippen LogP contribution in [0, 0.1) is 0 Å². The van der Waals surface area contributed by atoms with Gasteiger partial charge in [-0.1, -0.05) is 35.3 Å². The first-order valence-electron chi connectivity index (χ1n) is 7.48. The van der Waals surface area contributed by atoms with Gasteiger partial charge in [0, 0.05) is 11.6 Å². The molecular weight excluding hydrogens is 347 g/mol. The Kier molecular flexibility index (Phi) is 4.52. The number of ether oxygens (including phenoxy) is 1. The highest BCUT2D eigenvalue weighted by molar-refractivity contribution is 6.42. The summed E-state index contributed by atoms with van der Waals surface area (Å²) in [6.07, 6.45) is 0. The predicted molar refractivity (Wildman–Crippen MR) is 96.9 cm³/mol. The molecule has 0 fully saturated rings. The molecule has 0 aliphatic carbocycles. The van der Waals surface area contributed by atoms with Crippen LogP contribution in [0.15, 0.2) is 36.4 Å². The second kappa shape index (κ2) is 6.46. The Morgan fingerprint density at radius 1 is 1.12 bits per heavy atom. The van der Waals surface area contributed by atoms with Gasteiger partial charge in [0.15, 0.2) is 0 Å². The summed E-state index contributed by atoms with van der Waals surface area (Å²) < 4.78 is 6.83. The predicted octanol–water partition coefficient (Wildman–Crippen LogP) is 5.38. The number of benzene rings is 2. The lowest BCUT2D eigenvalue weighted by Gasteiger charge is -2.13. The lowest BCUT2D eigenvalue weighted by molar-refractivity contribution is 0.0601. The first-order chi connectivity index (χ1) is 11.4. The minimum Gasteiger partial charge on any atom is -0.465 e. The molecular formula is C18H16Cl2N2O2. The first-order valence-corrected chi connectivity index (χ1v) is 8.23. The molecule has 0 saturated carbocycles. The van der Waals surface area contributed by atoms with Crippen LogP contribution in [0.5, 0.6) is 0 Å². The van der Waals surface area contributed by atoms with Crippen LogP contribution in [0.4, 0.5) is 0 Å². The zero-order valence-corrected chi connectivity index (χ0v) is 15.0. The van der Waals surface area contributed by atoms with Crippen LogP contribution in [-0.2, 0) is 4.74 Å². The van der Waals surface area contributed by atoms with Crippen LogP contribution in [0.1, 0.15) is 30.2 Å². The van der Waals surface area contributed by atoms with Gasteiger partial charge in [0.2, 0.25) is 0 Å². The Bertz CT molecular complexity index is 915.